The zero-order chi connectivity index (χ0) is 9.71. The highest BCUT2D eigenvalue weighted by Gasteiger charge is 2.20. The Morgan fingerprint density at radius 2 is 2.21 bits per heavy atom. The van der Waals surface area contributed by atoms with Gasteiger partial charge in [-0.15, -0.1) is 23.1 Å². The molecule has 0 fully saturated rings. The van der Waals surface area contributed by atoms with Gasteiger partial charge in [-0.1, -0.05) is 6.92 Å². The van der Waals surface area contributed by atoms with Crippen LogP contribution in [0.5, 0.6) is 0 Å². The van der Waals surface area contributed by atoms with Gasteiger partial charge in [0.2, 0.25) is 0 Å². The first-order chi connectivity index (χ1) is 6.75. The van der Waals surface area contributed by atoms with Crippen LogP contribution in [0, 0.1) is 6.92 Å². The van der Waals surface area contributed by atoms with Gasteiger partial charge in [0, 0.05) is 15.3 Å². The second kappa shape index (κ2) is 3.01. The first-order valence-corrected chi connectivity index (χ1v) is 6.77. The third-order valence-electron chi connectivity index (χ3n) is 2.92. The first-order valence-electron chi connectivity index (χ1n) is 4.90. The molecule has 14 heavy (non-hydrogen) atoms. The molecule has 1 aromatic heterocycles. The van der Waals surface area contributed by atoms with Crippen LogP contribution in [0.15, 0.2) is 22.4 Å². The second-order valence-corrected chi connectivity index (χ2v) is 5.99. The van der Waals surface area contributed by atoms with Gasteiger partial charge < -0.3 is 0 Å². The van der Waals surface area contributed by atoms with Crippen LogP contribution in [0.3, 0.4) is 0 Å². The Morgan fingerprint density at radius 1 is 1.36 bits per heavy atom. The van der Waals surface area contributed by atoms with Gasteiger partial charge in [-0.3, -0.25) is 0 Å². The average molecular weight is 220 g/mol. The molecule has 0 amide bonds. The molecule has 2 heterocycles. The molecule has 0 nitrogen and oxygen atoms in total. The maximum atomic E-state index is 2.40. The fourth-order valence-corrected chi connectivity index (χ4v) is 4.22. The van der Waals surface area contributed by atoms with E-state index >= 15 is 0 Å². The van der Waals surface area contributed by atoms with Gasteiger partial charge in [-0.25, -0.2) is 0 Å². The van der Waals surface area contributed by atoms with Crippen molar-refractivity contribution in [2.75, 3.05) is 5.75 Å². The minimum absolute atomic E-state index is 0.738. The Morgan fingerprint density at radius 3 is 3.07 bits per heavy atom. The van der Waals surface area contributed by atoms with Gasteiger partial charge in [0.05, 0.1) is 0 Å². The molecule has 0 bridgehead atoms. The molecule has 0 radical (unpaired) electrons. The molecular formula is C12H12S2. The number of benzene rings is 1. The van der Waals surface area contributed by atoms with Crippen molar-refractivity contribution in [3.8, 4) is 0 Å². The summed E-state index contributed by atoms with van der Waals surface area (Å²) >= 11 is 3.88. The molecule has 1 aliphatic heterocycles. The molecule has 0 saturated heterocycles. The van der Waals surface area contributed by atoms with Crippen molar-refractivity contribution >= 4 is 33.2 Å². The third-order valence-corrected chi connectivity index (χ3v) is 5.31. The van der Waals surface area contributed by atoms with E-state index in [2.05, 4.69) is 31.4 Å². The van der Waals surface area contributed by atoms with Crippen LogP contribution in [-0.2, 0) is 0 Å². The van der Waals surface area contributed by atoms with Gasteiger partial charge in [0.15, 0.2) is 0 Å². The van der Waals surface area contributed by atoms with Gasteiger partial charge in [0.1, 0.15) is 0 Å². The summed E-state index contributed by atoms with van der Waals surface area (Å²) in [5.74, 6) is 1.99. The van der Waals surface area contributed by atoms with E-state index in [9.17, 15) is 0 Å². The molecule has 0 N–H and O–H groups in total. The molecule has 1 aromatic carbocycles. The SMILES string of the molecule is Cc1csc2cc3c(cc12)SCC3C. The van der Waals surface area contributed by atoms with Crippen molar-refractivity contribution < 1.29 is 0 Å². The van der Waals surface area contributed by atoms with Crippen LogP contribution in [0.4, 0.5) is 0 Å². The van der Waals surface area contributed by atoms with E-state index in [-0.39, 0.29) is 0 Å². The Hall–Kier alpha value is -0.470. The predicted octanol–water partition coefficient (Wildman–Crippen LogP) is 4.42. The molecule has 72 valence electrons. The Balaban J connectivity index is 2.34. The van der Waals surface area contributed by atoms with Crippen LogP contribution < -0.4 is 0 Å². The van der Waals surface area contributed by atoms with E-state index < -0.39 is 0 Å². The zero-order valence-electron chi connectivity index (χ0n) is 8.33. The number of aryl methyl sites for hydroxylation is 1. The highest BCUT2D eigenvalue weighted by molar-refractivity contribution is 7.99. The van der Waals surface area contributed by atoms with Gasteiger partial charge in [0.25, 0.3) is 0 Å². The lowest BCUT2D eigenvalue weighted by Crippen LogP contribution is -1.88. The average Bonchev–Trinajstić information content (AvgIpc) is 2.71. The number of rotatable bonds is 0. The van der Waals surface area contributed by atoms with Gasteiger partial charge >= 0.3 is 0 Å². The normalized spacial score (nSPS) is 20.3. The predicted molar refractivity (Wildman–Crippen MR) is 65.7 cm³/mol. The summed E-state index contributed by atoms with van der Waals surface area (Å²) in [5, 5.41) is 3.71. The van der Waals surface area contributed by atoms with E-state index in [0.29, 0.717) is 0 Å². The van der Waals surface area contributed by atoms with Crippen molar-refractivity contribution in [3.05, 3.63) is 28.6 Å². The molecule has 3 rings (SSSR count). The molecule has 1 unspecified atom stereocenters. The van der Waals surface area contributed by atoms with Gasteiger partial charge in [-0.05, 0) is 46.9 Å². The van der Waals surface area contributed by atoms with Crippen LogP contribution in [0.25, 0.3) is 10.1 Å². The molecule has 0 saturated carbocycles. The fourth-order valence-electron chi connectivity index (χ4n) is 2.01. The van der Waals surface area contributed by atoms with E-state index in [1.165, 1.54) is 26.3 Å². The van der Waals surface area contributed by atoms with Crippen molar-refractivity contribution in [1.82, 2.24) is 0 Å². The standard InChI is InChI=1S/C12H12S2/c1-7-5-13-11-4-10-8(2)6-14-12(10)3-9(7)11/h3-5,8H,6H2,1-2H3. The van der Waals surface area contributed by atoms with Crippen LogP contribution in [0.2, 0.25) is 0 Å². The monoisotopic (exact) mass is 220 g/mol. The summed E-state index contributed by atoms with van der Waals surface area (Å²) < 4.78 is 1.45. The number of hydrogen-bond donors (Lipinski definition) is 0. The fraction of sp³-hybridized carbons (Fsp3) is 0.333. The van der Waals surface area contributed by atoms with Crippen molar-refractivity contribution in [2.24, 2.45) is 0 Å². The number of thiophene rings is 1. The lowest BCUT2D eigenvalue weighted by molar-refractivity contribution is 0.885. The molecule has 2 aromatic rings. The molecule has 2 heteroatoms. The second-order valence-electron chi connectivity index (χ2n) is 4.02. The molecule has 1 aliphatic rings. The maximum absolute atomic E-state index is 2.40. The molecule has 1 atom stereocenters. The summed E-state index contributed by atoms with van der Waals surface area (Å²) in [4.78, 5) is 1.51. The summed E-state index contributed by atoms with van der Waals surface area (Å²) in [6.07, 6.45) is 0. The number of thioether (sulfide) groups is 1. The first kappa shape index (κ1) is 8.81. The van der Waals surface area contributed by atoms with E-state index in [1.54, 1.807) is 5.56 Å². The molecule has 0 aliphatic carbocycles. The minimum atomic E-state index is 0.738. The van der Waals surface area contributed by atoms with Crippen LogP contribution in [0.1, 0.15) is 24.0 Å². The zero-order valence-corrected chi connectivity index (χ0v) is 9.97. The van der Waals surface area contributed by atoms with E-state index in [4.69, 9.17) is 0 Å². The smallest absolute Gasteiger partial charge is 0.0349 e. The topological polar surface area (TPSA) is 0 Å². The lowest BCUT2D eigenvalue weighted by atomic mass is 10.0. The Bertz CT molecular complexity index is 496. The van der Waals surface area contributed by atoms with Crippen molar-refractivity contribution in [1.29, 1.82) is 0 Å². The number of hydrogen-bond acceptors (Lipinski definition) is 2. The summed E-state index contributed by atoms with van der Waals surface area (Å²) in [6, 6.07) is 4.78. The summed E-state index contributed by atoms with van der Waals surface area (Å²) in [5.41, 5.74) is 2.98. The van der Waals surface area contributed by atoms with Gasteiger partial charge in [-0.2, -0.15) is 0 Å². The highest BCUT2D eigenvalue weighted by atomic mass is 32.2. The summed E-state index contributed by atoms with van der Waals surface area (Å²) in [6.45, 7) is 4.53. The quantitative estimate of drug-likeness (QED) is 0.633. The lowest BCUT2D eigenvalue weighted by Gasteiger charge is -2.03. The third kappa shape index (κ3) is 1.14. The molecule has 0 spiro atoms. The minimum Gasteiger partial charge on any atom is -0.144 e. The van der Waals surface area contributed by atoms with Crippen LogP contribution in [-0.4, -0.2) is 5.75 Å². The largest absolute Gasteiger partial charge is 0.144 e. The van der Waals surface area contributed by atoms with E-state index in [1.807, 2.05) is 23.1 Å². The highest BCUT2D eigenvalue weighted by Crippen LogP contribution is 2.42. The Labute approximate surface area is 92.3 Å². The van der Waals surface area contributed by atoms with Crippen LogP contribution >= 0.6 is 23.1 Å². The summed E-state index contributed by atoms with van der Waals surface area (Å²) in [7, 11) is 0. The molecular weight excluding hydrogens is 208 g/mol. The van der Waals surface area contributed by atoms with Crippen molar-refractivity contribution in [3.63, 3.8) is 0 Å². The van der Waals surface area contributed by atoms with Crippen molar-refractivity contribution in [2.45, 2.75) is 24.7 Å². The van der Waals surface area contributed by atoms with E-state index in [0.717, 1.165) is 5.92 Å². The Kier molecular flexibility index (Phi) is 1.89. The number of fused-ring (bicyclic) bond motifs is 2. The maximum Gasteiger partial charge on any atom is 0.0349 e.